The molecule has 0 aliphatic rings. The fourth-order valence-corrected chi connectivity index (χ4v) is 1.86. The molecule has 0 aliphatic heterocycles. The van der Waals surface area contributed by atoms with Crippen LogP contribution in [-0.4, -0.2) is 18.3 Å². The van der Waals surface area contributed by atoms with Crippen LogP contribution in [0.2, 0.25) is 0 Å². The summed E-state index contributed by atoms with van der Waals surface area (Å²) in [4.78, 5) is 10.8. The van der Waals surface area contributed by atoms with E-state index in [9.17, 15) is 4.79 Å². The van der Waals surface area contributed by atoms with Crippen LogP contribution in [0.1, 0.15) is 18.4 Å². The van der Waals surface area contributed by atoms with Gasteiger partial charge in [0.1, 0.15) is 5.88 Å². The largest absolute Gasteiger partial charge is 0.354 e. The highest BCUT2D eigenvalue weighted by Gasteiger charge is 2.06. The van der Waals surface area contributed by atoms with Gasteiger partial charge in [0.05, 0.1) is 0 Å². The predicted octanol–water partition coefficient (Wildman–Crippen LogP) is 2.21. The average molecular weight is 218 g/mol. The Hall–Kier alpha value is -0.540. The highest BCUT2D eigenvalue weighted by Crippen LogP contribution is 2.16. The Labute approximate surface area is 86.9 Å². The molecule has 4 heteroatoms. The van der Waals surface area contributed by atoms with Crippen LogP contribution in [0.4, 0.5) is 0 Å². The summed E-state index contributed by atoms with van der Waals surface area (Å²) >= 11 is 7.02. The summed E-state index contributed by atoms with van der Waals surface area (Å²) in [6.45, 7) is 2.73. The number of hydrogen-bond acceptors (Lipinski definition) is 2. The van der Waals surface area contributed by atoms with Crippen LogP contribution in [-0.2, 0) is 4.79 Å². The van der Waals surface area contributed by atoms with E-state index in [1.165, 1.54) is 5.56 Å². The molecule has 72 valence electrons. The summed E-state index contributed by atoms with van der Waals surface area (Å²) in [6, 6.07) is 2.07. The lowest BCUT2D eigenvalue weighted by molar-refractivity contribution is -0.118. The molecular formula is C9H12ClNOS. The first kappa shape index (κ1) is 10.5. The predicted molar refractivity (Wildman–Crippen MR) is 56.5 cm³/mol. The molecule has 0 saturated heterocycles. The number of rotatable bonds is 4. The third-order valence-electron chi connectivity index (χ3n) is 1.84. The molecule has 1 unspecified atom stereocenters. The summed E-state index contributed by atoms with van der Waals surface area (Å²) in [7, 11) is 0. The first-order valence-corrected chi connectivity index (χ1v) is 5.56. The summed E-state index contributed by atoms with van der Waals surface area (Å²) in [5.74, 6) is 0.290. The van der Waals surface area contributed by atoms with E-state index >= 15 is 0 Å². The van der Waals surface area contributed by atoms with Gasteiger partial charge in [-0.05, 0) is 28.3 Å². The summed E-state index contributed by atoms with van der Waals surface area (Å²) < 4.78 is 0. The molecule has 1 heterocycles. The molecule has 0 saturated carbocycles. The third-order valence-corrected chi connectivity index (χ3v) is 2.78. The zero-order chi connectivity index (χ0) is 9.68. The molecular weight excluding hydrogens is 206 g/mol. The van der Waals surface area contributed by atoms with Crippen LogP contribution in [0.25, 0.3) is 0 Å². The van der Waals surface area contributed by atoms with E-state index < -0.39 is 0 Å². The van der Waals surface area contributed by atoms with Gasteiger partial charge in [-0.15, -0.1) is 11.6 Å². The smallest absolute Gasteiger partial charge is 0.234 e. The van der Waals surface area contributed by atoms with Crippen molar-refractivity contribution >= 4 is 28.8 Å². The Morgan fingerprint density at radius 3 is 3.08 bits per heavy atom. The Morgan fingerprint density at radius 1 is 1.77 bits per heavy atom. The lowest BCUT2D eigenvalue weighted by atomic mass is 10.1. The van der Waals surface area contributed by atoms with Gasteiger partial charge in [-0.3, -0.25) is 4.79 Å². The maximum atomic E-state index is 10.8. The molecule has 0 bridgehead atoms. The minimum absolute atomic E-state index is 0.0381. The lowest BCUT2D eigenvalue weighted by Gasteiger charge is -2.09. The van der Waals surface area contributed by atoms with Crippen molar-refractivity contribution in [1.29, 1.82) is 0 Å². The lowest BCUT2D eigenvalue weighted by Crippen LogP contribution is -2.28. The normalized spacial score (nSPS) is 12.5. The summed E-state index contributed by atoms with van der Waals surface area (Å²) in [5.41, 5.74) is 1.26. The molecule has 0 fully saturated rings. The van der Waals surface area contributed by atoms with Crippen LogP contribution < -0.4 is 5.32 Å². The van der Waals surface area contributed by atoms with E-state index in [0.717, 1.165) is 0 Å². The Balaban J connectivity index is 2.34. The maximum Gasteiger partial charge on any atom is 0.234 e. The maximum absolute atomic E-state index is 10.8. The van der Waals surface area contributed by atoms with Crippen LogP contribution in [0.3, 0.4) is 0 Å². The first-order chi connectivity index (χ1) is 6.24. The van der Waals surface area contributed by atoms with Gasteiger partial charge in [0.25, 0.3) is 0 Å². The molecule has 0 aliphatic carbocycles. The SMILES string of the molecule is CC(CNC(=O)CCl)c1ccsc1. The Kier molecular flexibility index (Phi) is 4.25. The molecule has 1 aromatic rings. The standard InChI is InChI=1S/C9H12ClNOS/c1-7(5-11-9(12)4-10)8-2-3-13-6-8/h2-3,6-7H,4-5H2,1H3,(H,11,12). The van der Waals surface area contributed by atoms with Crippen molar-refractivity contribution in [3.8, 4) is 0 Å². The molecule has 0 spiro atoms. The van der Waals surface area contributed by atoms with Gasteiger partial charge in [0, 0.05) is 6.54 Å². The van der Waals surface area contributed by atoms with E-state index in [1.54, 1.807) is 11.3 Å². The van der Waals surface area contributed by atoms with Crippen molar-refractivity contribution in [2.24, 2.45) is 0 Å². The van der Waals surface area contributed by atoms with Crippen molar-refractivity contribution in [3.63, 3.8) is 0 Å². The van der Waals surface area contributed by atoms with E-state index in [4.69, 9.17) is 11.6 Å². The highest BCUT2D eigenvalue weighted by molar-refractivity contribution is 7.07. The van der Waals surface area contributed by atoms with Gasteiger partial charge in [-0.1, -0.05) is 6.92 Å². The summed E-state index contributed by atoms with van der Waals surface area (Å²) in [5, 5.41) is 6.89. The molecule has 1 atom stereocenters. The topological polar surface area (TPSA) is 29.1 Å². The molecule has 1 aromatic heterocycles. The number of halogens is 1. The number of thiophene rings is 1. The Morgan fingerprint density at radius 2 is 2.54 bits per heavy atom. The average Bonchev–Trinajstić information content (AvgIpc) is 2.66. The van der Waals surface area contributed by atoms with E-state index in [1.807, 2.05) is 5.38 Å². The second-order valence-corrected chi connectivity index (χ2v) is 3.94. The minimum atomic E-state index is -0.108. The molecule has 1 N–H and O–H groups in total. The van der Waals surface area contributed by atoms with Gasteiger partial charge >= 0.3 is 0 Å². The zero-order valence-electron chi connectivity index (χ0n) is 7.42. The number of nitrogens with one attached hydrogen (secondary N) is 1. The number of hydrogen-bond donors (Lipinski definition) is 1. The van der Waals surface area contributed by atoms with Crippen LogP contribution in [0, 0.1) is 0 Å². The second-order valence-electron chi connectivity index (χ2n) is 2.90. The molecule has 2 nitrogen and oxygen atoms in total. The molecule has 0 radical (unpaired) electrons. The van der Waals surface area contributed by atoms with Gasteiger partial charge in [0.15, 0.2) is 0 Å². The molecule has 13 heavy (non-hydrogen) atoms. The van der Waals surface area contributed by atoms with Crippen LogP contribution in [0.5, 0.6) is 0 Å². The van der Waals surface area contributed by atoms with Crippen LogP contribution in [0.15, 0.2) is 16.8 Å². The van der Waals surface area contributed by atoms with Crippen molar-refractivity contribution in [3.05, 3.63) is 22.4 Å². The monoisotopic (exact) mass is 217 g/mol. The number of amides is 1. The van der Waals surface area contributed by atoms with Gasteiger partial charge in [0.2, 0.25) is 5.91 Å². The second kappa shape index (κ2) is 5.25. The zero-order valence-corrected chi connectivity index (χ0v) is 8.99. The Bertz CT molecular complexity index is 261. The van der Waals surface area contributed by atoms with Crippen LogP contribution >= 0.6 is 22.9 Å². The fraction of sp³-hybridized carbons (Fsp3) is 0.444. The van der Waals surface area contributed by atoms with E-state index in [0.29, 0.717) is 12.5 Å². The number of carbonyl (C=O) groups excluding carboxylic acids is 1. The first-order valence-electron chi connectivity index (χ1n) is 4.08. The van der Waals surface area contributed by atoms with E-state index in [-0.39, 0.29) is 11.8 Å². The number of carbonyl (C=O) groups is 1. The van der Waals surface area contributed by atoms with Crippen molar-refractivity contribution in [2.45, 2.75) is 12.8 Å². The van der Waals surface area contributed by atoms with Gasteiger partial charge in [-0.25, -0.2) is 0 Å². The number of alkyl halides is 1. The van der Waals surface area contributed by atoms with E-state index in [2.05, 4.69) is 23.7 Å². The molecule has 1 rings (SSSR count). The fourth-order valence-electron chi connectivity index (χ4n) is 0.987. The van der Waals surface area contributed by atoms with Crippen molar-refractivity contribution < 1.29 is 4.79 Å². The highest BCUT2D eigenvalue weighted by atomic mass is 35.5. The van der Waals surface area contributed by atoms with Gasteiger partial charge < -0.3 is 5.32 Å². The molecule has 0 aromatic carbocycles. The third kappa shape index (κ3) is 3.36. The quantitative estimate of drug-likeness (QED) is 0.770. The van der Waals surface area contributed by atoms with Crippen molar-refractivity contribution in [2.75, 3.05) is 12.4 Å². The van der Waals surface area contributed by atoms with Gasteiger partial charge in [-0.2, -0.15) is 11.3 Å². The molecule has 1 amide bonds. The minimum Gasteiger partial charge on any atom is -0.354 e. The summed E-state index contributed by atoms with van der Waals surface area (Å²) in [6.07, 6.45) is 0. The van der Waals surface area contributed by atoms with Crippen molar-refractivity contribution in [1.82, 2.24) is 5.32 Å².